The quantitative estimate of drug-likeness (QED) is 0.261. The minimum atomic E-state index is -4.06. The molecule has 9 nitrogen and oxygen atoms in total. The predicted molar refractivity (Wildman–Crippen MR) is 147 cm³/mol. The number of rotatable bonds is 9. The zero-order valence-corrected chi connectivity index (χ0v) is 22.4. The third-order valence-electron chi connectivity index (χ3n) is 6.21. The van der Waals surface area contributed by atoms with Crippen molar-refractivity contribution in [1.29, 1.82) is 0 Å². The van der Waals surface area contributed by atoms with Gasteiger partial charge in [0, 0.05) is 29.3 Å². The Morgan fingerprint density at radius 3 is 2.36 bits per heavy atom. The molecule has 0 bridgehead atoms. The number of aromatic amines is 1. The lowest BCUT2D eigenvalue weighted by molar-refractivity contribution is 0.413. The van der Waals surface area contributed by atoms with Gasteiger partial charge in [0.25, 0.3) is 10.0 Å². The number of ether oxygens (including phenoxy) is 2. The van der Waals surface area contributed by atoms with E-state index in [2.05, 4.69) is 15.2 Å². The zero-order chi connectivity index (χ0) is 27.6. The molecule has 0 unspecified atom stereocenters. The van der Waals surface area contributed by atoms with Gasteiger partial charge < -0.3 is 9.47 Å². The number of benzene rings is 2. The highest BCUT2D eigenvalue weighted by molar-refractivity contribution is 7.92. The Hall–Kier alpha value is -4.51. The van der Waals surface area contributed by atoms with Crippen molar-refractivity contribution < 1.29 is 22.3 Å². The van der Waals surface area contributed by atoms with Crippen LogP contribution >= 0.6 is 0 Å². The standard InChI is InChI=1S/C28H26FN5O4S/c1-4-15-34(39(35,36)22-11-7-20(29)8-12-22)28-25(38-3)14-13-24(31-28)19-16-23-26(32-33-27(23)30-17-19)18-5-9-21(37-2)10-6-18/h5-14,16-17H,4,15H2,1-3H3,(H,30,32,33). The Labute approximate surface area is 225 Å². The van der Waals surface area contributed by atoms with Crippen molar-refractivity contribution in [3.05, 3.63) is 78.7 Å². The molecule has 2 aromatic carbocycles. The van der Waals surface area contributed by atoms with Crippen LogP contribution in [-0.4, -0.2) is 49.3 Å². The van der Waals surface area contributed by atoms with Gasteiger partial charge in [-0.05, 0) is 73.2 Å². The van der Waals surface area contributed by atoms with Crippen molar-refractivity contribution in [2.75, 3.05) is 25.1 Å². The molecule has 39 heavy (non-hydrogen) atoms. The first-order valence-electron chi connectivity index (χ1n) is 12.2. The molecule has 0 aliphatic rings. The molecule has 0 saturated heterocycles. The number of nitrogens with zero attached hydrogens (tertiary/aromatic N) is 4. The molecule has 0 aliphatic heterocycles. The summed E-state index contributed by atoms with van der Waals surface area (Å²) >= 11 is 0. The van der Waals surface area contributed by atoms with Crippen LogP contribution in [0.25, 0.3) is 33.5 Å². The third-order valence-corrected chi connectivity index (χ3v) is 8.01. The Balaban J connectivity index is 1.60. The van der Waals surface area contributed by atoms with Crippen LogP contribution in [0.1, 0.15) is 13.3 Å². The molecule has 0 spiro atoms. The van der Waals surface area contributed by atoms with E-state index in [1.807, 2.05) is 37.3 Å². The Kier molecular flexibility index (Phi) is 7.16. The van der Waals surface area contributed by atoms with Crippen molar-refractivity contribution >= 4 is 26.9 Å². The maximum atomic E-state index is 13.6. The van der Waals surface area contributed by atoms with Crippen LogP contribution in [-0.2, 0) is 10.0 Å². The van der Waals surface area contributed by atoms with Gasteiger partial charge in [0.15, 0.2) is 17.2 Å². The van der Waals surface area contributed by atoms with Crippen LogP contribution in [0.2, 0.25) is 0 Å². The van der Waals surface area contributed by atoms with Crippen LogP contribution in [0.4, 0.5) is 10.2 Å². The number of methoxy groups -OCH3 is 2. The number of fused-ring (bicyclic) bond motifs is 1. The van der Waals surface area contributed by atoms with E-state index in [-0.39, 0.29) is 23.0 Å². The number of hydrogen-bond donors (Lipinski definition) is 1. The first-order chi connectivity index (χ1) is 18.8. The highest BCUT2D eigenvalue weighted by atomic mass is 32.2. The van der Waals surface area contributed by atoms with Crippen LogP contribution in [0.3, 0.4) is 0 Å². The molecule has 0 amide bonds. The summed E-state index contributed by atoms with van der Waals surface area (Å²) in [6.07, 6.45) is 2.15. The summed E-state index contributed by atoms with van der Waals surface area (Å²) in [4.78, 5) is 9.16. The average molecular weight is 548 g/mol. The lowest BCUT2D eigenvalue weighted by atomic mass is 10.1. The molecule has 0 saturated carbocycles. The van der Waals surface area contributed by atoms with E-state index >= 15 is 0 Å². The summed E-state index contributed by atoms with van der Waals surface area (Å²) in [5.41, 5.74) is 3.38. The summed E-state index contributed by atoms with van der Waals surface area (Å²) in [7, 11) is -0.992. The minimum Gasteiger partial charge on any atom is -0.497 e. The smallest absolute Gasteiger partial charge is 0.265 e. The lowest BCUT2D eigenvalue weighted by Gasteiger charge is -2.25. The molecule has 11 heteroatoms. The largest absolute Gasteiger partial charge is 0.497 e. The highest BCUT2D eigenvalue weighted by Gasteiger charge is 2.28. The van der Waals surface area contributed by atoms with Gasteiger partial charge in [-0.1, -0.05) is 6.92 Å². The van der Waals surface area contributed by atoms with Crippen LogP contribution in [0, 0.1) is 5.82 Å². The average Bonchev–Trinajstić information content (AvgIpc) is 3.39. The number of H-pyrrole nitrogens is 1. The molecular weight excluding hydrogens is 521 g/mol. The fraction of sp³-hybridized carbons (Fsp3) is 0.179. The van der Waals surface area contributed by atoms with Crippen molar-refractivity contribution in [1.82, 2.24) is 20.2 Å². The van der Waals surface area contributed by atoms with E-state index in [0.29, 0.717) is 23.3 Å². The second kappa shape index (κ2) is 10.7. The second-order valence-electron chi connectivity index (χ2n) is 8.68. The first kappa shape index (κ1) is 26.1. The topological polar surface area (TPSA) is 110 Å². The number of hydrogen-bond acceptors (Lipinski definition) is 7. The van der Waals surface area contributed by atoms with Gasteiger partial charge in [0.05, 0.1) is 30.5 Å². The molecule has 0 atom stereocenters. The molecule has 0 fully saturated rings. The molecule has 0 radical (unpaired) electrons. The van der Waals surface area contributed by atoms with Gasteiger partial charge in [-0.15, -0.1) is 0 Å². The Morgan fingerprint density at radius 1 is 0.949 bits per heavy atom. The van der Waals surface area contributed by atoms with Crippen LogP contribution in [0.5, 0.6) is 11.5 Å². The maximum Gasteiger partial charge on any atom is 0.265 e. The lowest BCUT2D eigenvalue weighted by Crippen LogP contribution is -2.33. The van der Waals surface area contributed by atoms with Crippen LogP contribution in [0.15, 0.2) is 77.8 Å². The highest BCUT2D eigenvalue weighted by Crippen LogP contribution is 2.35. The van der Waals surface area contributed by atoms with E-state index in [1.165, 1.54) is 23.5 Å². The molecule has 5 aromatic rings. The minimum absolute atomic E-state index is 0.0442. The van der Waals surface area contributed by atoms with Crippen LogP contribution < -0.4 is 13.8 Å². The molecule has 200 valence electrons. The fourth-order valence-electron chi connectivity index (χ4n) is 4.23. The molecule has 0 aliphatic carbocycles. The van der Waals surface area contributed by atoms with Gasteiger partial charge in [0.2, 0.25) is 0 Å². The normalized spacial score (nSPS) is 11.5. The van der Waals surface area contributed by atoms with Gasteiger partial charge >= 0.3 is 0 Å². The summed E-state index contributed by atoms with van der Waals surface area (Å²) in [6.45, 7) is 2.01. The molecule has 3 heterocycles. The Morgan fingerprint density at radius 2 is 1.69 bits per heavy atom. The third kappa shape index (κ3) is 5.00. The monoisotopic (exact) mass is 547 g/mol. The number of nitrogens with one attached hydrogen (secondary N) is 1. The first-order valence-corrected chi connectivity index (χ1v) is 13.6. The Bertz CT molecular complexity index is 1720. The SMILES string of the molecule is CCCN(c1nc(-c2cnc3n[nH]c(-c4ccc(OC)cc4)c3c2)ccc1OC)S(=O)(=O)c1ccc(F)cc1. The summed E-state index contributed by atoms with van der Waals surface area (Å²) in [5, 5.41) is 8.14. The number of anilines is 1. The summed E-state index contributed by atoms with van der Waals surface area (Å²) in [6, 6.07) is 17.6. The van der Waals surface area contributed by atoms with Crippen molar-refractivity contribution in [2.24, 2.45) is 0 Å². The zero-order valence-electron chi connectivity index (χ0n) is 21.6. The van der Waals surface area contributed by atoms with E-state index in [1.54, 1.807) is 25.4 Å². The van der Waals surface area contributed by atoms with Gasteiger partial charge in [0.1, 0.15) is 11.6 Å². The van der Waals surface area contributed by atoms with Gasteiger partial charge in [-0.2, -0.15) is 5.10 Å². The number of sulfonamides is 1. The molecule has 3 aromatic heterocycles. The summed E-state index contributed by atoms with van der Waals surface area (Å²) in [5.74, 6) is 0.631. The van der Waals surface area contributed by atoms with E-state index in [0.717, 1.165) is 34.5 Å². The molecular formula is C28H26FN5O4S. The summed E-state index contributed by atoms with van der Waals surface area (Å²) < 4.78 is 52.7. The fourth-order valence-corrected chi connectivity index (χ4v) is 5.74. The molecule has 5 rings (SSSR count). The van der Waals surface area contributed by atoms with Crippen molar-refractivity contribution in [3.63, 3.8) is 0 Å². The number of halogens is 1. The van der Waals surface area contributed by atoms with Crippen molar-refractivity contribution in [2.45, 2.75) is 18.2 Å². The van der Waals surface area contributed by atoms with Gasteiger partial charge in [-0.25, -0.2) is 27.1 Å². The van der Waals surface area contributed by atoms with E-state index < -0.39 is 15.8 Å². The van der Waals surface area contributed by atoms with E-state index in [4.69, 9.17) is 14.5 Å². The van der Waals surface area contributed by atoms with Crippen molar-refractivity contribution in [3.8, 4) is 34.0 Å². The predicted octanol–water partition coefficient (Wildman–Crippen LogP) is 5.45. The number of pyridine rings is 2. The maximum absolute atomic E-state index is 13.6. The van der Waals surface area contributed by atoms with E-state index in [9.17, 15) is 12.8 Å². The molecule has 1 N–H and O–H groups in total. The number of aromatic nitrogens is 4. The van der Waals surface area contributed by atoms with Gasteiger partial charge in [-0.3, -0.25) is 5.10 Å². The second-order valence-corrected chi connectivity index (χ2v) is 10.5.